The van der Waals surface area contributed by atoms with E-state index in [9.17, 15) is 17.6 Å². The highest BCUT2D eigenvalue weighted by Gasteiger charge is 2.18. The molecular weight excluding hydrogens is 347 g/mol. The molecule has 8 heteroatoms. The van der Waals surface area contributed by atoms with Crippen molar-refractivity contribution in [2.45, 2.75) is 11.8 Å². The summed E-state index contributed by atoms with van der Waals surface area (Å²) in [6, 6.07) is 9.79. The molecule has 134 valence electrons. The van der Waals surface area contributed by atoms with Gasteiger partial charge in [-0.3, -0.25) is 4.79 Å². The summed E-state index contributed by atoms with van der Waals surface area (Å²) in [6.45, 7) is 1.44. The van der Waals surface area contributed by atoms with E-state index in [4.69, 9.17) is 4.74 Å². The molecule has 0 spiro atoms. The predicted octanol–water partition coefficient (Wildman–Crippen LogP) is 2.40. The van der Waals surface area contributed by atoms with Crippen LogP contribution in [-0.2, 0) is 14.8 Å². The molecule has 0 aliphatic carbocycles. The van der Waals surface area contributed by atoms with E-state index in [0.717, 1.165) is 4.31 Å². The number of amides is 1. The van der Waals surface area contributed by atoms with Crippen LogP contribution in [0.4, 0.5) is 10.1 Å². The van der Waals surface area contributed by atoms with E-state index in [1.165, 1.54) is 56.6 Å². The number of hydrogen-bond acceptors (Lipinski definition) is 4. The molecule has 0 aliphatic heterocycles. The predicted molar refractivity (Wildman–Crippen MR) is 92.6 cm³/mol. The molecule has 0 bridgehead atoms. The maximum Gasteiger partial charge on any atom is 0.262 e. The van der Waals surface area contributed by atoms with Crippen LogP contribution >= 0.6 is 0 Å². The number of halogens is 1. The second kappa shape index (κ2) is 7.62. The van der Waals surface area contributed by atoms with Crippen molar-refractivity contribution in [2.24, 2.45) is 0 Å². The highest BCUT2D eigenvalue weighted by atomic mass is 32.2. The molecular formula is C17H19FN2O4S. The average molecular weight is 366 g/mol. The fraction of sp³-hybridized carbons (Fsp3) is 0.235. The van der Waals surface area contributed by atoms with Crippen molar-refractivity contribution in [3.05, 3.63) is 53.8 Å². The van der Waals surface area contributed by atoms with E-state index in [1.54, 1.807) is 6.92 Å². The molecule has 0 aromatic heterocycles. The number of ether oxygens (including phenoxy) is 1. The number of carbonyl (C=O) groups is 1. The molecule has 0 fully saturated rings. The van der Waals surface area contributed by atoms with Crippen molar-refractivity contribution >= 4 is 21.6 Å². The highest BCUT2D eigenvalue weighted by Crippen LogP contribution is 2.23. The lowest BCUT2D eigenvalue weighted by Crippen LogP contribution is -2.22. The number of carbonyl (C=O) groups excluding carboxylic acids is 1. The number of anilines is 1. The fourth-order valence-electron chi connectivity index (χ4n) is 2.03. The second-order valence-corrected chi connectivity index (χ2v) is 7.71. The van der Waals surface area contributed by atoms with Gasteiger partial charge in [0.05, 0.1) is 4.90 Å². The van der Waals surface area contributed by atoms with Crippen LogP contribution in [0.3, 0.4) is 0 Å². The minimum Gasteiger partial charge on any atom is -0.483 e. The molecule has 1 amide bonds. The van der Waals surface area contributed by atoms with Gasteiger partial charge in [-0.2, -0.15) is 0 Å². The van der Waals surface area contributed by atoms with Gasteiger partial charge in [0.1, 0.15) is 11.6 Å². The standard InChI is InChI=1S/C17H19FN2O4S/c1-12-10-15(25(22,23)20(2)3)8-9-16(12)24-11-17(21)19-14-6-4-13(18)5-7-14/h4-10H,11H2,1-3H3,(H,19,21). The number of nitrogens with one attached hydrogen (secondary N) is 1. The Hall–Kier alpha value is -2.45. The topological polar surface area (TPSA) is 75.7 Å². The van der Waals surface area contributed by atoms with Gasteiger partial charge in [0.15, 0.2) is 6.61 Å². The summed E-state index contributed by atoms with van der Waals surface area (Å²) in [6.07, 6.45) is 0. The lowest BCUT2D eigenvalue weighted by molar-refractivity contribution is -0.118. The third-order valence-electron chi connectivity index (χ3n) is 3.41. The first-order valence-corrected chi connectivity index (χ1v) is 8.85. The van der Waals surface area contributed by atoms with Crippen molar-refractivity contribution in [3.8, 4) is 5.75 Å². The van der Waals surface area contributed by atoms with Crippen LogP contribution in [0, 0.1) is 12.7 Å². The van der Waals surface area contributed by atoms with Crippen LogP contribution in [0.1, 0.15) is 5.56 Å². The maximum absolute atomic E-state index is 12.8. The van der Waals surface area contributed by atoms with Crippen LogP contribution in [0.15, 0.2) is 47.4 Å². The average Bonchev–Trinajstić information content (AvgIpc) is 2.55. The van der Waals surface area contributed by atoms with Crippen LogP contribution < -0.4 is 10.1 Å². The summed E-state index contributed by atoms with van der Waals surface area (Å²) >= 11 is 0. The SMILES string of the molecule is Cc1cc(S(=O)(=O)N(C)C)ccc1OCC(=O)Nc1ccc(F)cc1. The van der Waals surface area contributed by atoms with Gasteiger partial charge in [-0.25, -0.2) is 17.1 Å². The fourth-order valence-corrected chi connectivity index (χ4v) is 3.02. The molecule has 2 aromatic carbocycles. The first-order chi connectivity index (χ1) is 11.7. The molecule has 2 rings (SSSR count). The highest BCUT2D eigenvalue weighted by molar-refractivity contribution is 7.89. The number of hydrogen-bond donors (Lipinski definition) is 1. The maximum atomic E-state index is 12.8. The Balaban J connectivity index is 2.01. The molecule has 2 aromatic rings. The van der Waals surface area contributed by atoms with Crippen molar-refractivity contribution < 1.29 is 22.3 Å². The number of rotatable bonds is 6. The van der Waals surface area contributed by atoms with Gasteiger partial charge in [-0.1, -0.05) is 0 Å². The Morgan fingerprint density at radius 2 is 1.80 bits per heavy atom. The van der Waals surface area contributed by atoms with E-state index >= 15 is 0 Å². The summed E-state index contributed by atoms with van der Waals surface area (Å²) in [7, 11) is -0.617. The second-order valence-electron chi connectivity index (χ2n) is 5.56. The Morgan fingerprint density at radius 3 is 2.36 bits per heavy atom. The molecule has 0 atom stereocenters. The van der Waals surface area contributed by atoms with E-state index in [1.807, 2.05) is 0 Å². The van der Waals surface area contributed by atoms with Crippen molar-refractivity contribution in [2.75, 3.05) is 26.0 Å². The summed E-state index contributed by atoms with van der Waals surface area (Å²) in [4.78, 5) is 12.0. The molecule has 0 heterocycles. The van der Waals surface area contributed by atoms with E-state index < -0.39 is 21.7 Å². The summed E-state index contributed by atoms with van der Waals surface area (Å²) in [5.41, 5.74) is 1.05. The van der Waals surface area contributed by atoms with Crippen LogP contribution in [0.25, 0.3) is 0 Å². The lowest BCUT2D eigenvalue weighted by Gasteiger charge is -2.14. The Kier molecular flexibility index (Phi) is 5.76. The minimum atomic E-state index is -3.52. The Bertz CT molecular complexity index is 865. The first kappa shape index (κ1) is 18.9. The summed E-state index contributed by atoms with van der Waals surface area (Å²) < 4.78 is 43.5. The lowest BCUT2D eigenvalue weighted by atomic mass is 10.2. The third kappa shape index (κ3) is 4.77. The first-order valence-electron chi connectivity index (χ1n) is 7.41. The van der Waals surface area contributed by atoms with E-state index in [2.05, 4.69) is 5.32 Å². The summed E-state index contributed by atoms with van der Waals surface area (Å²) in [5, 5.41) is 2.58. The van der Waals surface area contributed by atoms with Crippen LogP contribution in [-0.4, -0.2) is 39.3 Å². The zero-order chi connectivity index (χ0) is 18.6. The molecule has 0 saturated carbocycles. The number of sulfonamides is 1. The monoisotopic (exact) mass is 366 g/mol. The zero-order valence-corrected chi connectivity index (χ0v) is 14.9. The van der Waals surface area contributed by atoms with Crippen LogP contribution in [0.5, 0.6) is 5.75 Å². The van der Waals surface area contributed by atoms with Gasteiger partial charge in [0, 0.05) is 19.8 Å². The van der Waals surface area contributed by atoms with Crippen LogP contribution in [0.2, 0.25) is 0 Å². The third-order valence-corrected chi connectivity index (χ3v) is 5.22. The van der Waals surface area contributed by atoms with Gasteiger partial charge in [-0.05, 0) is 55.0 Å². The van der Waals surface area contributed by atoms with Gasteiger partial charge >= 0.3 is 0 Å². The Morgan fingerprint density at radius 1 is 1.16 bits per heavy atom. The van der Waals surface area contributed by atoms with Crippen molar-refractivity contribution in [1.29, 1.82) is 0 Å². The smallest absolute Gasteiger partial charge is 0.262 e. The summed E-state index contributed by atoms with van der Waals surface area (Å²) in [5.74, 6) is -0.388. The molecule has 25 heavy (non-hydrogen) atoms. The number of nitrogens with zero attached hydrogens (tertiary/aromatic N) is 1. The normalized spacial score (nSPS) is 11.4. The largest absolute Gasteiger partial charge is 0.483 e. The minimum absolute atomic E-state index is 0.151. The molecule has 0 aliphatic rings. The molecule has 1 N–H and O–H groups in total. The molecule has 0 saturated heterocycles. The van der Waals surface area contributed by atoms with Gasteiger partial charge in [-0.15, -0.1) is 0 Å². The molecule has 0 unspecified atom stereocenters. The Labute approximate surface area is 146 Å². The van der Waals surface area contributed by atoms with Crippen molar-refractivity contribution in [3.63, 3.8) is 0 Å². The van der Waals surface area contributed by atoms with Gasteiger partial charge in [0.25, 0.3) is 5.91 Å². The quantitative estimate of drug-likeness (QED) is 0.852. The molecule has 6 nitrogen and oxygen atoms in total. The van der Waals surface area contributed by atoms with Gasteiger partial charge in [0.2, 0.25) is 10.0 Å². The van der Waals surface area contributed by atoms with Crippen molar-refractivity contribution in [1.82, 2.24) is 4.31 Å². The number of benzene rings is 2. The molecule has 0 radical (unpaired) electrons. The zero-order valence-electron chi connectivity index (χ0n) is 14.1. The van der Waals surface area contributed by atoms with E-state index in [0.29, 0.717) is 17.0 Å². The van der Waals surface area contributed by atoms with E-state index in [-0.39, 0.29) is 11.5 Å². The number of aryl methyl sites for hydroxylation is 1. The van der Waals surface area contributed by atoms with Gasteiger partial charge < -0.3 is 10.1 Å².